The second kappa shape index (κ2) is 6.71. The van der Waals surface area contributed by atoms with Gasteiger partial charge in [-0.1, -0.05) is 25.6 Å². The van der Waals surface area contributed by atoms with E-state index < -0.39 is 0 Å². The SMILES string of the molecule is CCCNC(=O)CN=C1NC(CC)CS1. The first-order valence-electron chi connectivity index (χ1n) is 5.46. The fourth-order valence-corrected chi connectivity index (χ4v) is 2.30. The summed E-state index contributed by atoms with van der Waals surface area (Å²) in [6.45, 7) is 5.16. The Kier molecular flexibility index (Phi) is 5.53. The number of carbonyl (C=O) groups excluding carboxylic acids is 1. The summed E-state index contributed by atoms with van der Waals surface area (Å²) in [7, 11) is 0. The number of nitrogens with zero attached hydrogens (tertiary/aromatic N) is 1. The van der Waals surface area contributed by atoms with Gasteiger partial charge in [-0.05, 0) is 12.8 Å². The molecule has 1 saturated heterocycles. The van der Waals surface area contributed by atoms with E-state index in [2.05, 4.69) is 22.5 Å². The predicted octanol–water partition coefficient (Wildman–Crippen LogP) is 0.984. The Morgan fingerprint density at radius 3 is 3.07 bits per heavy atom. The van der Waals surface area contributed by atoms with Crippen molar-refractivity contribution in [3.63, 3.8) is 0 Å². The molecule has 4 nitrogen and oxygen atoms in total. The summed E-state index contributed by atoms with van der Waals surface area (Å²) in [6, 6.07) is 0.521. The molecular formula is C10H19N3OS. The maximum absolute atomic E-state index is 11.3. The second-order valence-corrected chi connectivity index (χ2v) is 4.54. The lowest BCUT2D eigenvalue weighted by Gasteiger charge is -2.04. The van der Waals surface area contributed by atoms with E-state index in [4.69, 9.17) is 0 Å². The first-order valence-corrected chi connectivity index (χ1v) is 6.45. The summed E-state index contributed by atoms with van der Waals surface area (Å²) in [5.74, 6) is 1.07. The van der Waals surface area contributed by atoms with Crippen molar-refractivity contribution < 1.29 is 4.79 Å². The summed E-state index contributed by atoms with van der Waals surface area (Å²) in [4.78, 5) is 15.5. The Balaban J connectivity index is 2.23. The molecule has 1 aliphatic heterocycles. The van der Waals surface area contributed by atoms with Gasteiger partial charge >= 0.3 is 0 Å². The Morgan fingerprint density at radius 2 is 2.47 bits per heavy atom. The van der Waals surface area contributed by atoms with Crippen molar-refractivity contribution in [1.82, 2.24) is 10.6 Å². The molecule has 0 bridgehead atoms. The summed E-state index contributed by atoms with van der Waals surface area (Å²) in [5.41, 5.74) is 0. The van der Waals surface area contributed by atoms with E-state index in [0.29, 0.717) is 6.04 Å². The van der Waals surface area contributed by atoms with Gasteiger partial charge in [-0.15, -0.1) is 0 Å². The highest BCUT2D eigenvalue weighted by atomic mass is 32.2. The summed E-state index contributed by atoms with van der Waals surface area (Å²) >= 11 is 1.70. The molecule has 0 aliphatic carbocycles. The first-order chi connectivity index (χ1) is 7.26. The van der Waals surface area contributed by atoms with Crippen LogP contribution in [0.4, 0.5) is 0 Å². The standard InChI is InChI=1S/C10H19N3OS/c1-3-5-11-9(14)6-12-10-13-8(4-2)7-15-10/h8H,3-7H2,1-2H3,(H,11,14)(H,12,13). The topological polar surface area (TPSA) is 53.5 Å². The molecule has 1 unspecified atom stereocenters. The molecular weight excluding hydrogens is 210 g/mol. The highest BCUT2D eigenvalue weighted by Gasteiger charge is 2.17. The van der Waals surface area contributed by atoms with Crippen LogP contribution in [0.25, 0.3) is 0 Å². The monoisotopic (exact) mass is 229 g/mol. The highest BCUT2D eigenvalue weighted by Crippen LogP contribution is 2.15. The molecule has 15 heavy (non-hydrogen) atoms. The average Bonchev–Trinajstić information content (AvgIpc) is 2.71. The molecule has 1 aliphatic rings. The largest absolute Gasteiger partial charge is 0.361 e. The normalized spacial score (nSPS) is 22.8. The van der Waals surface area contributed by atoms with Gasteiger partial charge in [0.25, 0.3) is 0 Å². The van der Waals surface area contributed by atoms with Gasteiger partial charge in [0.05, 0.1) is 0 Å². The van der Waals surface area contributed by atoms with Crippen molar-refractivity contribution >= 4 is 22.8 Å². The predicted molar refractivity (Wildman–Crippen MR) is 65.3 cm³/mol. The summed E-state index contributed by atoms with van der Waals surface area (Å²) < 4.78 is 0. The molecule has 5 heteroatoms. The number of carbonyl (C=O) groups is 1. The van der Waals surface area contributed by atoms with Crippen molar-refractivity contribution in [2.24, 2.45) is 4.99 Å². The third-order valence-electron chi connectivity index (χ3n) is 2.18. The first kappa shape index (κ1) is 12.4. The third kappa shape index (κ3) is 4.55. The number of aliphatic imine (C=N–C) groups is 1. The van der Waals surface area contributed by atoms with Gasteiger partial charge < -0.3 is 10.6 Å². The zero-order chi connectivity index (χ0) is 11.1. The van der Waals surface area contributed by atoms with Gasteiger partial charge in [0.2, 0.25) is 5.91 Å². The maximum atomic E-state index is 11.3. The Bertz CT molecular complexity index is 243. The van der Waals surface area contributed by atoms with Gasteiger partial charge in [-0.25, -0.2) is 0 Å². The zero-order valence-electron chi connectivity index (χ0n) is 9.38. The number of rotatable bonds is 5. The van der Waals surface area contributed by atoms with Crippen molar-refractivity contribution in [2.75, 3.05) is 18.8 Å². The van der Waals surface area contributed by atoms with Gasteiger partial charge in [-0.3, -0.25) is 9.79 Å². The fraction of sp³-hybridized carbons (Fsp3) is 0.800. The molecule has 0 aromatic carbocycles. The van der Waals surface area contributed by atoms with Crippen LogP contribution < -0.4 is 10.6 Å². The molecule has 0 saturated carbocycles. The molecule has 0 spiro atoms. The molecule has 2 N–H and O–H groups in total. The van der Waals surface area contributed by atoms with Gasteiger partial charge in [0, 0.05) is 18.3 Å². The second-order valence-electron chi connectivity index (χ2n) is 3.53. The average molecular weight is 229 g/mol. The van der Waals surface area contributed by atoms with Gasteiger partial charge in [-0.2, -0.15) is 0 Å². The van der Waals surface area contributed by atoms with E-state index in [1.165, 1.54) is 0 Å². The van der Waals surface area contributed by atoms with Crippen LogP contribution in [0.1, 0.15) is 26.7 Å². The van der Waals surface area contributed by atoms with Crippen molar-refractivity contribution in [1.29, 1.82) is 0 Å². The lowest BCUT2D eigenvalue weighted by atomic mass is 10.3. The number of amides is 1. The van der Waals surface area contributed by atoms with Gasteiger partial charge in [0.15, 0.2) is 5.17 Å². The Morgan fingerprint density at radius 1 is 1.67 bits per heavy atom. The van der Waals surface area contributed by atoms with Crippen LogP contribution in [0.3, 0.4) is 0 Å². The van der Waals surface area contributed by atoms with Crippen LogP contribution in [-0.4, -0.2) is 36.0 Å². The molecule has 1 fully saturated rings. The highest BCUT2D eigenvalue weighted by molar-refractivity contribution is 8.14. The molecule has 1 amide bonds. The summed E-state index contributed by atoms with van der Waals surface area (Å²) in [5, 5.41) is 6.99. The third-order valence-corrected chi connectivity index (χ3v) is 3.27. The Hall–Kier alpha value is -0.710. The van der Waals surface area contributed by atoms with E-state index in [9.17, 15) is 4.79 Å². The smallest absolute Gasteiger partial charge is 0.241 e. The molecule has 1 rings (SSSR count). The van der Waals surface area contributed by atoms with Crippen molar-refractivity contribution in [2.45, 2.75) is 32.7 Å². The van der Waals surface area contributed by atoms with Crippen LogP contribution >= 0.6 is 11.8 Å². The minimum Gasteiger partial charge on any atom is -0.361 e. The van der Waals surface area contributed by atoms with Crippen LogP contribution in [0.5, 0.6) is 0 Å². The quantitative estimate of drug-likeness (QED) is 0.739. The summed E-state index contributed by atoms with van der Waals surface area (Å²) in [6.07, 6.45) is 2.07. The lowest BCUT2D eigenvalue weighted by molar-refractivity contribution is -0.119. The van der Waals surface area contributed by atoms with E-state index in [0.717, 1.165) is 30.3 Å². The van der Waals surface area contributed by atoms with E-state index in [1.807, 2.05) is 6.92 Å². The maximum Gasteiger partial charge on any atom is 0.241 e. The van der Waals surface area contributed by atoms with E-state index in [-0.39, 0.29) is 12.5 Å². The molecule has 0 radical (unpaired) electrons. The van der Waals surface area contributed by atoms with E-state index >= 15 is 0 Å². The van der Waals surface area contributed by atoms with Crippen molar-refractivity contribution in [3.8, 4) is 0 Å². The number of amidine groups is 1. The molecule has 1 heterocycles. The number of hydrogen-bond donors (Lipinski definition) is 2. The van der Waals surface area contributed by atoms with Crippen LogP contribution in [-0.2, 0) is 4.79 Å². The van der Waals surface area contributed by atoms with Gasteiger partial charge in [0.1, 0.15) is 6.54 Å². The minimum atomic E-state index is 0.00620. The minimum absolute atomic E-state index is 0.00620. The molecule has 0 aromatic heterocycles. The van der Waals surface area contributed by atoms with E-state index in [1.54, 1.807) is 11.8 Å². The molecule has 86 valence electrons. The van der Waals surface area contributed by atoms with Crippen molar-refractivity contribution in [3.05, 3.63) is 0 Å². The van der Waals surface area contributed by atoms with Crippen LogP contribution in [0, 0.1) is 0 Å². The van der Waals surface area contributed by atoms with Crippen LogP contribution in [0.15, 0.2) is 4.99 Å². The number of thioether (sulfide) groups is 1. The van der Waals surface area contributed by atoms with Crippen LogP contribution in [0.2, 0.25) is 0 Å². The lowest BCUT2D eigenvalue weighted by Crippen LogP contribution is -2.29. The fourth-order valence-electron chi connectivity index (χ4n) is 1.21. The molecule has 1 atom stereocenters. The number of nitrogens with one attached hydrogen (secondary N) is 2. The number of hydrogen-bond acceptors (Lipinski definition) is 3. The molecule has 0 aromatic rings. The Labute approximate surface area is 95.3 Å². The zero-order valence-corrected chi connectivity index (χ0v) is 10.2.